The van der Waals surface area contributed by atoms with Crippen LogP contribution in [-0.2, 0) is 0 Å². The van der Waals surface area contributed by atoms with E-state index in [1.165, 1.54) is 0 Å². The third-order valence-electron chi connectivity index (χ3n) is 0.787. The van der Waals surface area contributed by atoms with Gasteiger partial charge in [0.25, 0.3) is 0 Å². The molecule has 0 aliphatic carbocycles. The molecule has 0 amide bonds. The number of allylic oxidation sites excluding steroid dienone is 1. The van der Waals surface area contributed by atoms with Crippen LogP contribution in [0, 0.1) is 0 Å². The van der Waals surface area contributed by atoms with Crippen molar-refractivity contribution in [2.75, 3.05) is 13.1 Å². The highest BCUT2D eigenvalue weighted by molar-refractivity contribution is 4.81. The molecule has 8 heavy (non-hydrogen) atoms. The third kappa shape index (κ3) is 5.44. The van der Waals surface area contributed by atoms with Gasteiger partial charge in [-0.3, -0.25) is 0 Å². The summed E-state index contributed by atoms with van der Waals surface area (Å²) < 4.78 is 0. The minimum absolute atomic E-state index is 0.893. The Bertz CT molecular complexity index is 74.5. The lowest BCUT2D eigenvalue weighted by Crippen LogP contribution is -2.12. The van der Waals surface area contributed by atoms with E-state index in [0.29, 0.717) is 0 Å². The summed E-state index contributed by atoms with van der Waals surface area (Å²) in [6.45, 7) is 7.42. The second kappa shape index (κ2) is 6.44. The molecule has 0 saturated carbocycles. The zero-order valence-electron chi connectivity index (χ0n) is 5.35. The normalized spacial score (nSPS) is 10.1. The molecule has 0 aromatic rings. The molecule has 1 N–H and O–H groups in total. The molecule has 46 valence electrons. The fraction of sp³-hybridized carbons (Fsp3) is 0.429. The molecular weight excluding hydrogens is 98.1 g/mol. The molecule has 0 aliphatic rings. The Morgan fingerprint density at radius 1 is 1.50 bits per heavy atom. The Morgan fingerprint density at radius 2 is 2.25 bits per heavy atom. The van der Waals surface area contributed by atoms with Crippen molar-refractivity contribution < 1.29 is 0 Å². The minimum atomic E-state index is 0.893. The van der Waals surface area contributed by atoms with Crippen LogP contribution in [0.15, 0.2) is 24.8 Å². The largest absolute Gasteiger partial charge is 0.310 e. The molecule has 0 fully saturated rings. The summed E-state index contributed by atoms with van der Waals surface area (Å²) in [7, 11) is 0. The van der Waals surface area contributed by atoms with E-state index in [1.807, 2.05) is 19.1 Å². The highest BCUT2D eigenvalue weighted by Crippen LogP contribution is 1.66. The highest BCUT2D eigenvalue weighted by atomic mass is 14.8. The van der Waals surface area contributed by atoms with Gasteiger partial charge >= 0.3 is 0 Å². The van der Waals surface area contributed by atoms with Crippen molar-refractivity contribution in [3.8, 4) is 0 Å². The second-order valence-electron chi connectivity index (χ2n) is 1.52. The zero-order valence-corrected chi connectivity index (χ0v) is 5.35. The lowest BCUT2D eigenvalue weighted by molar-refractivity contribution is 0.843. The van der Waals surface area contributed by atoms with Crippen LogP contribution in [0.4, 0.5) is 0 Å². The Kier molecular flexibility index (Phi) is 5.99. The predicted octanol–water partition coefficient (Wildman–Crippen LogP) is 1.34. The van der Waals surface area contributed by atoms with Crippen LogP contribution < -0.4 is 5.32 Å². The summed E-state index contributed by atoms with van der Waals surface area (Å²) in [5.74, 6) is 0. The summed E-state index contributed by atoms with van der Waals surface area (Å²) >= 11 is 0. The van der Waals surface area contributed by atoms with Crippen LogP contribution >= 0.6 is 0 Å². The lowest BCUT2D eigenvalue weighted by Gasteiger charge is -1.91. The van der Waals surface area contributed by atoms with E-state index < -0.39 is 0 Å². The maximum absolute atomic E-state index is 3.57. The van der Waals surface area contributed by atoms with Crippen molar-refractivity contribution >= 4 is 0 Å². The van der Waals surface area contributed by atoms with Gasteiger partial charge in [-0.25, -0.2) is 0 Å². The summed E-state index contributed by atoms with van der Waals surface area (Å²) in [6.07, 6.45) is 5.95. The van der Waals surface area contributed by atoms with Gasteiger partial charge in [-0.2, -0.15) is 0 Å². The monoisotopic (exact) mass is 111 g/mol. The van der Waals surface area contributed by atoms with Crippen molar-refractivity contribution in [3.63, 3.8) is 0 Å². The van der Waals surface area contributed by atoms with Crippen molar-refractivity contribution in [3.05, 3.63) is 24.8 Å². The van der Waals surface area contributed by atoms with Gasteiger partial charge in [0, 0.05) is 13.1 Å². The molecule has 0 heterocycles. The first-order valence-electron chi connectivity index (χ1n) is 2.84. The van der Waals surface area contributed by atoms with Crippen LogP contribution in [-0.4, -0.2) is 13.1 Å². The maximum Gasteiger partial charge on any atom is 0.0137 e. The Balaban J connectivity index is 2.82. The van der Waals surface area contributed by atoms with Crippen molar-refractivity contribution in [2.24, 2.45) is 0 Å². The predicted molar refractivity (Wildman–Crippen MR) is 37.9 cm³/mol. The quantitative estimate of drug-likeness (QED) is 0.426. The topological polar surface area (TPSA) is 12.0 Å². The van der Waals surface area contributed by atoms with E-state index in [-0.39, 0.29) is 0 Å². The summed E-state index contributed by atoms with van der Waals surface area (Å²) in [6, 6.07) is 0. The minimum Gasteiger partial charge on any atom is -0.310 e. The standard InChI is InChI=1S/C7H13N/c1-3-5-7-8-6-4-2/h3-5,8H,2,6-7H2,1H3. The molecule has 0 aromatic carbocycles. The fourth-order valence-electron chi connectivity index (χ4n) is 0.387. The fourth-order valence-corrected chi connectivity index (χ4v) is 0.387. The van der Waals surface area contributed by atoms with Gasteiger partial charge in [0.2, 0.25) is 0 Å². The molecule has 0 radical (unpaired) electrons. The van der Waals surface area contributed by atoms with Gasteiger partial charge in [0.05, 0.1) is 0 Å². The van der Waals surface area contributed by atoms with Gasteiger partial charge in [-0.05, 0) is 6.92 Å². The van der Waals surface area contributed by atoms with Crippen LogP contribution in [0.1, 0.15) is 6.92 Å². The summed E-state index contributed by atoms with van der Waals surface area (Å²) in [5.41, 5.74) is 0. The van der Waals surface area contributed by atoms with Crippen LogP contribution in [0.25, 0.3) is 0 Å². The average molecular weight is 111 g/mol. The van der Waals surface area contributed by atoms with E-state index in [2.05, 4.69) is 18.0 Å². The van der Waals surface area contributed by atoms with Gasteiger partial charge in [-0.15, -0.1) is 6.58 Å². The van der Waals surface area contributed by atoms with Gasteiger partial charge < -0.3 is 5.32 Å². The van der Waals surface area contributed by atoms with Crippen molar-refractivity contribution in [1.29, 1.82) is 0 Å². The maximum atomic E-state index is 3.57. The van der Waals surface area contributed by atoms with E-state index in [9.17, 15) is 0 Å². The molecule has 0 spiro atoms. The van der Waals surface area contributed by atoms with Crippen molar-refractivity contribution in [1.82, 2.24) is 5.32 Å². The first kappa shape index (κ1) is 7.44. The molecular formula is C7H13N. The summed E-state index contributed by atoms with van der Waals surface area (Å²) in [5, 5.41) is 3.13. The van der Waals surface area contributed by atoms with Crippen LogP contribution in [0.3, 0.4) is 0 Å². The SMILES string of the molecule is C=CCNCC=CC. The van der Waals surface area contributed by atoms with E-state index >= 15 is 0 Å². The molecule has 0 bridgehead atoms. The lowest BCUT2D eigenvalue weighted by atomic mass is 10.5. The number of hydrogen-bond acceptors (Lipinski definition) is 1. The summed E-state index contributed by atoms with van der Waals surface area (Å²) in [4.78, 5) is 0. The van der Waals surface area contributed by atoms with E-state index in [1.54, 1.807) is 0 Å². The third-order valence-corrected chi connectivity index (χ3v) is 0.787. The second-order valence-corrected chi connectivity index (χ2v) is 1.52. The number of hydrogen-bond donors (Lipinski definition) is 1. The Labute approximate surface area is 51.1 Å². The van der Waals surface area contributed by atoms with Crippen LogP contribution in [0.2, 0.25) is 0 Å². The Hall–Kier alpha value is -0.560. The first-order chi connectivity index (χ1) is 3.91. The van der Waals surface area contributed by atoms with Crippen molar-refractivity contribution in [2.45, 2.75) is 6.92 Å². The molecule has 1 nitrogen and oxygen atoms in total. The molecule has 0 atom stereocenters. The smallest absolute Gasteiger partial charge is 0.0137 e. The molecule has 0 saturated heterocycles. The molecule has 0 aromatic heterocycles. The molecule has 1 heteroatoms. The van der Waals surface area contributed by atoms with Crippen LogP contribution in [0.5, 0.6) is 0 Å². The number of rotatable bonds is 4. The Morgan fingerprint density at radius 3 is 2.75 bits per heavy atom. The average Bonchev–Trinajstić information content (AvgIpc) is 1.81. The van der Waals surface area contributed by atoms with Gasteiger partial charge in [0.15, 0.2) is 0 Å². The van der Waals surface area contributed by atoms with Gasteiger partial charge in [0.1, 0.15) is 0 Å². The molecule has 0 aliphatic heterocycles. The van der Waals surface area contributed by atoms with E-state index in [4.69, 9.17) is 0 Å². The molecule has 0 unspecified atom stereocenters. The van der Waals surface area contributed by atoms with Gasteiger partial charge in [-0.1, -0.05) is 18.2 Å². The zero-order chi connectivity index (χ0) is 6.24. The van der Waals surface area contributed by atoms with E-state index in [0.717, 1.165) is 13.1 Å². The number of nitrogens with one attached hydrogen (secondary N) is 1. The molecule has 0 rings (SSSR count). The highest BCUT2D eigenvalue weighted by Gasteiger charge is 1.71. The first-order valence-corrected chi connectivity index (χ1v) is 2.84.